The number of nitrogens with one attached hydrogen (secondary N) is 1. The Morgan fingerprint density at radius 1 is 1.29 bits per heavy atom. The summed E-state index contributed by atoms with van der Waals surface area (Å²) in [6.45, 7) is 5.92. The van der Waals surface area contributed by atoms with Gasteiger partial charge in [0.25, 0.3) is 0 Å². The van der Waals surface area contributed by atoms with Crippen molar-refractivity contribution in [3.63, 3.8) is 0 Å². The van der Waals surface area contributed by atoms with Gasteiger partial charge in [-0.2, -0.15) is 4.98 Å². The normalized spacial score (nSPS) is 16.7. The fourth-order valence-corrected chi connectivity index (χ4v) is 4.11. The minimum absolute atomic E-state index is 0.215. The molecule has 0 bridgehead atoms. The highest BCUT2D eigenvalue weighted by molar-refractivity contribution is 6.29. The third-order valence-electron chi connectivity index (χ3n) is 5.50. The first-order chi connectivity index (χ1) is 16.3. The van der Waals surface area contributed by atoms with Crippen LogP contribution >= 0.6 is 11.6 Å². The molecule has 1 aliphatic heterocycles. The first-order valence-corrected chi connectivity index (χ1v) is 11.2. The zero-order valence-corrected chi connectivity index (χ0v) is 19.7. The Balaban J connectivity index is 1.59. The van der Waals surface area contributed by atoms with E-state index in [2.05, 4.69) is 27.0 Å². The second-order valence-corrected chi connectivity index (χ2v) is 8.40. The van der Waals surface area contributed by atoms with Crippen LogP contribution in [0.15, 0.2) is 66.7 Å². The zero-order valence-electron chi connectivity index (χ0n) is 18.9. The highest BCUT2D eigenvalue weighted by Gasteiger charge is 2.25. The van der Waals surface area contributed by atoms with Crippen molar-refractivity contribution in [3.8, 4) is 11.4 Å². The number of ether oxygens (including phenoxy) is 1. The smallest absolute Gasteiger partial charge is 0.246 e. The van der Waals surface area contributed by atoms with Crippen molar-refractivity contribution in [2.75, 3.05) is 12.4 Å². The summed E-state index contributed by atoms with van der Waals surface area (Å²) in [6.07, 6.45) is 8.01. The van der Waals surface area contributed by atoms with E-state index in [0.717, 1.165) is 36.7 Å². The number of halogens is 3. The number of imidazole rings is 1. The van der Waals surface area contributed by atoms with E-state index in [9.17, 15) is 8.78 Å². The number of anilines is 2. The number of nitrogens with zero attached hydrogens (tertiary/aromatic N) is 5. The maximum Gasteiger partial charge on any atom is 0.246 e. The Morgan fingerprint density at radius 3 is 2.82 bits per heavy atom. The lowest BCUT2D eigenvalue weighted by Crippen LogP contribution is -2.08. The lowest BCUT2D eigenvalue weighted by Gasteiger charge is -2.14. The second kappa shape index (κ2) is 10.2. The first kappa shape index (κ1) is 23.7. The van der Waals surface area contributed by atoms with Crippen LogP contribution in [0.25, 0.3) is 5.69 Å². The molecule has 0 aliphatic carbocycles. The molecule has 0 saturated heterocycles. The Hall–Kier alpha value is -3.46. The molecule has 1 N–H and O–H groups in total. The molecule has 4 rings (SSSR count). The standard InChI is InChI=1S/C24H25ClF2N6O/c1-15(10-17(27)11-16(2)26)19-6-4-5-9-33-23(19)30-24(31-33)29-18-7-8-20(21(12-18)34-3)32-13-22(25)28-14-32/h7-8,10-14,19H,1,4-6,9H2,2-3H3,(H,29,31)/b16-11+,17-10+/t19-/m0/s1. The van der Waals surface area contributed by atoms with Crippen LogP contribution in [0.1, 0.15) is 37.9 Å². The van der Waals surface area contributed by atoms with E-state index in [1.165, 1.54) is 13.0 Å². The molecule has 1 atom stereocenters. The van der Waals surface area contributed by atoms with Gasteiger partial charge in [-0.3, -0.25) is 0 Å². The number of rotatable bonds is 7. The number of benzene rings is 1. The van der Waals surface area contributed by atoms with Crippen molar-refractivity contribution >= 4 is 23.2 Å². The van der Waals surface area contributed by atoms with Crippen LogP contribution < -0.4 is 10.1 Å². The predicted molar refractivity (Wildman–Crippen MR) is 128 cm³/mol. The van der Waals surface area contributed by atoms with Crippen molar-refractivity contribution in [2.24, 2.45) is 0 Å². The Kier molecular flexibility index (Phi) is 7.12. The number of methoxy groups -OCH3 is 1. The number of allylic oxidation sites excluding steroid dienone is 5. The van der Waals surface area contributed by atoms with Gasteiger partial charge >= 0.3 is 0 Å². The van der Waals surface area contributed by atoms with E-state index in [0.29, 0.717) is 34.8 Å². The number of aryl methyl sites for hydroxylation is 1. The van der Waals surface area contributed by atoms with Gasteiger partial charge in [-0.15, -0.1) is 5.10 Å². The Labute approximate surface area is 201 Å². The Morgan fingerprint density at radius 2 is 2.12 bits per heavy atom. The summed E-state index contributed by atoms with van der Waals surface area (Å²) in [4.78, 5) is 8.72. The van der Waals surface area contributed by atoms with Gasteiger partial charge in [0.15, 0.2) is 0 Å². The van der Waals surface area contributed by atoms with E-state index in [-0.39, 0.29) is 5.92 Å². The van der Waals surface area contributed by atoms with E-state index in [1.54, 1.807) is 24.2 Å². The summed E-state index contributed by atoms with van der Waals surface area (Å²) in [5.41, 5.74) is 2.04. The van der Waals surface area contributed by atoms with Crippen molar-refractivity contribution in [3.05, 3.63) is 77.7 Å². The molecule has 1 aliphatic rings. The molecular weight excluding hydrogens is 462 g/mol. The highest BCUT2D eigenvalue weighted by Crippen LogP contribution is 2.34. The number of aromatic nitrogens is 5. The summed E-state index contributed by atoms with van der Waals surface area (Å²) < 4.78 is 36.2. The van der Waals surface area contributed by atoms with Gasteiger partial charge in [0.1, 0.15) is 28.9 Å². The molecule has 1 aromatic carbocycles. The van der Waals surface area contributed by atoms with Gasteiger partial charge in [0.2, 0.25) is 5.95 Å². The van der Waals surface area contributed by atoms with E-state index in [4.69, 9.17) is 16.3 Å². The molecule has 0 unspecified atom stereocenters. The summed E-state index contributed by atoms with van der Waals surface area (Å²) in [6, 6.07) is 5.58. The summed E-state index contributed by atoms with van der Waals surface area (Å²) in [5, 5.41) is 8.20. The SMILES string of the molecule is C=C(/C=C(F)\C=C(/C)F)[C@@H]1CCCCn2nc(Nc3ccc(-n4cnc(Cl)c4)c(OC)c3)nc21. The van der Waals surface area contributed by atoms with Crippen LogP contribution in [0, 0.1) is 0 Å². The van der Waals surface area contributed by atoms with Crippen molar-refractivity contribution in [2.45, 2.75) is 38.6 Å². The summed E-state index contributed by atoms with van der Waals surface area (Å²) in [7, 11) is 1.58. The quantitative estimate of drug-likeness (QED) is 0.390. The highest BCUT2D eigenvalue weighted by atomic mass is 35.5. The number of hydrogen-bond donors (Lipinski definition) is 1. The molecule has 0 saturated carbocycles. The second-order valence-electron chi connectivity index (χ2n) is 8.02. The molecule has 2 aromatic heterocycles. The third-order valence-corrected chi connectivity index (χ3v) is 5.69. The molecular formula is C24H25ClF2N6O. The largest absolute Gasteiger partial charge is 0.494 e. The monoisotopic (exact) mass is 486 g/mol. The summed E-state index contributed by atoms with van der Waals surface area (Å²) in [5.74, 6) is 0.237. The van der Waals surface area contributed by atoms with Gasteiger partial charge < -0.3 is 14.6 Å². The topological polar surface area (TPSA) is 69.8 Å². The van der Waals surface area contributed by atoms with Crippen molar-refractivity contribution < 1.29 is 13.5 Å². The van der Waals surface area contributed by atoms with Gasteiger partial charge in [-0.05, 0) is 43.5 Å². The van der Waals surface area contributed by atoms with E-state index in [1.807, 2.05) is 22.9 Å². The fraction of sp³-hybridized carbons (Fsp3) is 0.292. The summed E-state index contributed by atoms with van der Waals surface area (Å²) >= 11 is 5.94. The molecule has 34 heavy (non-hydrogen) atoms. The first-order valence-electron chi connectivity index (χ1n) is 10.8. The molecule has 3 aromatic rings. The molecule has 10 heteroatoms. The molecule has 0 amide bonds. The van der Waals surface area contributed by atoms with Gasteiger partial charge in [-0.25, -0.2) is 18.4 Å². The van der Waals surface area contributed by atoms with E-state index >= 15 is 0 Å². The third kappa shape index (κ3) is 5.36. The van der Waals surface area contributed by atoms with Crippen LogP contribution in [-0.2, 0) is 6.54 Å². The van der Waals surface area contributed by atoms with Gasteiger partial charge in [0, 0.05) is 36.5 Å². The van der Waals surface area contributed by atoms with Crippen LogP contribution in [0.3, 0.4) is 0 Å². The van der Waals surface area contributed by atoms with Gasteiger partial charge in [0.05, 0.1) is 18.6 Å². The molecule has 178 valence electrons. The van der Waals surface area contributed by atoms with E-state index < -0.39 is 11.7 Å². The maximum atomic E-state index is 14.1. The number of fused-ring (bicyclic) bond motifs is 1. The molecule has 0 radical (unpaired) electrons. The maximum absolute atomic E-state index is 14.1. The number of hydrogen-bond acceptors (Lipinski definition) is 5. The molecule has 0 spiro atoms. The minimum Gasteiger partial charge on any atom is -0.494 e. The van der Waals surface area contributed by atoms with Crippen molar-refractivity contribution in [1.29, 1.82) is 0 Å². The minimum atomic E-state index is -0.676. The van der Waals surface area contributed by atoms with Crippen LogP contribution in [0.5, 0.6) is 5.75 Å². The van der Waals surface area contributed by atoms with Crippen molar-refractivity contribution in [1.82, 2.24) is 24.3 Å². The zero-order chi connectivity index (χ0) is 24.2. The fourth-order valence-electron chi connectivity index (χ4n) is 3.96. The molecule has 0 fully saturated rings. The van der Waals surface area contributed by atoms with Crippen LogP contribution in [0.4, 0.5) is 20.4 Å². The van der Waals surface area contributed by atoms with Gasteiger partial charge in [-0.1, -0.05) is 24.6 Å². The predicted octanol–water partition coefficient (Wildman–Crippen LogP) is 6.42. The molecule has 7 nitrogen and oxygen atoms in total. The Bertz CT molecular complexity index is 1260. The molecule has 3 heterocycles. The van der Waals surface area contributed by atoms with Crippen LogP contribution in [-0.4, -0.2) is 31.4 Å². The van der Waals surface area contributed by atoms with Crippen LogP contribution in [0.2, 0.25) is 5.15 Å². The lowest BCUT2D eigenvalue weighted by molar-refractivity contribution is 0.413. The average Bonchev–Trinajstić information content (AvgIpc) is 3.33. The average molecular weight is 487 g/mol. The lowest BCUT2D eigenvalue weighted by atomic mass is 9.94.